The molecule has 0 aliphatic heterocycles. The summed E-state index contributed by atoms with van der Waals surface area (Å²) < 4.78 is 0. The van der Waals surface area contributed by atoms with Gasteiger partial charge in [0.15, 0.2) is 0 Å². The van der Waals surface area contributed by atoms with Gasteiger partial charge in [-0.2, -0.15) is 0 Å². The summed E-state index contributed by atoms with van der Waals surface area (Å²) in [7, 11) is 1.96. The third kappa shape index (κ3) is 3.70. The first-order chi connectivity index (χ1) is 9.65. The fraction of sp³-hybridized carbons (Fsp3) is 0.250. The maximum atomic E-state index is 6.27. The van der Waals surface area contributed by atoms with Gasteiger partial charge in [0, 0.05) is 10.9 Å². The summed E-state index contributed by atoms with van der Waals surface area (Å²) in [5.41, 5.74) is 2.31. The zero-order valence-corrected chi connectivity index (χ0v) is 13.8. The number of hydrogen-bond acceptors (Lipinski definition) is 2. The highest BCUT2D eigenvalue weighted by atomic mass is 35.5. The molecule has 2 rings (SSSR count). The van der Waals surface area contributed by atoms with E-state index in [1.807, 2.05) is 25.2 Å². The van der Waals surface area contributed by atoms with Crippen LogP contribution in [0, 0.1) is 0 Å². The Morgan fingerprint density at radius 1 is 1.10 bits per heavy atom. The lowest BCUT2D eigenvalue weighted by Crippen LogP contribution is -2.19. The molecule has 0 amide bonds. The van der Waals surface area contributed by atoms with Crippen molar-refractivity contribution in [3.63, 3.8) is 0 Å². The first-order valence-electron chi connectivity index (χ1n) is 6.39. The standard InChI is InChI=1S/C16H17Cl2NS/c1-19-15(11-6-8-13(20-2)9-7-11)10-12-4-3-5-14(17)16(12)18/h3-9,15,19H,10H2,1-2H3. The van der Waals surface area contributed by atoms with Crippen molar-refractivity contribution in [2.45, 2.75) is 17.4 Å². The van der Waals surface area contributed by atoms with Crippen LogP contribution in [0.3, 0.4) is 0 Å². The zero-order chi connectivity index (χ0) is 14.5. The van der Waals surface area contributed by atoms with Crippen LogP contribution in [0.2, 0.25) is 10.0 Å². The summed E-state index contributed by atoms with van der Waals surface area (Å²) >= 11 is 14.1. The third-order valence-electron chi connectivity index (χ3n) is 3.32. The monoisotopic (exact) mass is 325 g/mol. The molecule has 0 fully saturated rings. The second-order valence-corrected chi connectivity index (χ2v) is 6.20. The lowest BCUT2D eigenvalue weighted by atomic mass is 9.99. The summed E-state index contributed by atoms with van der Waals surface area (Å²) in [6.45, 7) is 0. The van der Waals surface area contributed by atoms with E-state index >= 15 is 0 Å². The molecule has 2 aromatic rings. The molecule has 1 nitrogen and oxygen atoms in total. The molecule has 0 saturated carbocycles. The van der Waals surface area contributed by atoms with Gasteiger partial charge >= 0.3 is 0 Å². The summed E-state index contributed by atoms with van der Waals surface area (Å²) in [6, 6.07) is 14.6. The molecule has 1 atom stereocenters. The average molecular weight is 326 g/mol. The quantitative estimate of drug-likeness (QED) is 0.756. The molecule has 1 N–H and O–H groups in total. The minimum Gasteiger partial charge on any atom is -0.313 e. The number of nitrogens with one attached hydrogen (secondary N) is 1. The van der Waals surface area contributed by atoms with E-state index in [4.69, 9.17) is 23.2 Å². The first-order valence-corrected chi connectivity index (χ1v) is 8.38. The fourth-order valence-electron chi connectivity index (χ4n) is 2.15. The third-order valence-corrected chi connectivity index (χ3v) is 4.92. The Hall–Kier alpha value is -0.670. The fourth-order valence-corrected chi connectivity index (χ4v) is 2.95. The Labute approximate surface area is 134 Å². The molecule has 0 spiro atoms. The van der Waals surface area contributed by atoms with Crippen LogP contribution in [0.25, 0.3) is 0 Å². The van der Waals surface area contributed by atoms with Gasteiger partial charge in [-0.15, -0.1) is 11.8 Å². The first kappa shape index (κ1) is 15.7. The summed E-state index contributed by atoms with van der Waals surface area (Å²) in [5, 5.41) is 4.60. The van der Waals surface area contributed by atoms with E-state index in [0.29, 0.717) is 10.0 Å². The van der Waals surface area contributed by atoms with Crippen molar-refractivity contribution in [3.05, 3.63) is 63.6 Å². The maximum Gasteiger partial charge on any atom is 0.0624 e. The van der Waals surface area contributed by atoms with E-state index in [1.54, 1.807) is 11.8 Å². The molecule has 0 radical (unpaired) electrons. The van der Waals surface area contributed by atoms with Crippen LogP contribution in [-0.4, -0.2) is 13.3 Å². The summed E-state index contributed by atoms with van der Waals surface area (Å²) in [6.07, 6.45) is 2.89. The predicted molar refractivity (Wildman–Crippen MR) is 90.2 cm³/mol. The van der Waals surface area contributed by atoms with Gasteiger partial charge in [-0.25, -0.2) is 0 Å². The number of thioether (sulfide) groups is 1. The molecule has 0 heterocycles. The molecule has 2 aromatic carbocycles. The van der Waals surface area contributed by atoms with Gasteiger partial charge in [0.25, 0.3) is 0 Å². The van der Waals surface area contributed by atoms with Gasteiger partial charge in [0.1, 0.15) is 0 Å². The zero-order valence-electron chi connectivity index (χ0n) is 11.5. The number of rotatable bonds is 5. The molecule has 0 aromatic heterocycles. The summed E-state index contributed by atoms with van der Waals surface area (Å²) in [4.78, 5) is 1.27. The van der Waals surface area contributed by atoms with Crippen LogP contribution in [0.4, 0.5) is 0 Å². The average Bonchev–Trinajstić information content (AvgIpc) is 2.49. The Bertz CT molecular complexity index is 569. The van der Waals surface area contributed by atoms with E-state index in [0.717, 1.165) is 12.0 Å². The van der Waals surface area contributed by atoms with Gasteiger partial charge in [0.2, 0.25) is 0 Å². The second kappa shape index (κ2) is 7.37. The second-order valence-electron chi connectivity index (χ2n) is 4.53. The van der Waals surface area contributed by atoms with Gasteiger partial charge in [-0.1, -0.05) is 47.5 Å². The molecule has 20 heavy (non-hydrogen) atoms. The Morgan fingerprint density at radius 3 is 2.40 bits per heavy atom. The largest absolute Gasteiger partial charge is 0.313 e. The highest BCUT2D eigenvalue weighted by molar-refractivity contribution is 7.98. The number of benzene rings is 2. The molecule has 0 saturated heterocycles. The van der Waals surface area contributed by atoms with Gasteiger partial charge in [0.05, 0.1) is 10.0 Å². The maximum absolute atomic E-state index is 6.27. The molecule has 0 aliphatic rings. The van der Waals surface area contributed by atoms with Crippen LogP contribution in [0.15, 0.2) is 47.4 Å². The summed E-state index contributed by atoms with van der Waals surface area (Å²) in [5.74, 6) is 0. The van der Waals surface area contributed by atoms with Crippen molar-refractivity contribution in [2.75, 3.05) is 13.3 Å². The van der Waals surface area contributed by atoms with E-state index in [9.17, 15) is 0 Å². The molecule has 1 unspecified atom stereocenters. The van der Waals surface area contributed by atoms with Crippen molar-refractivity contribution < 1.29 is 0 Å². The molecule has 4 heteroatoms. The lowest BCUT2D eigenvalue weighted by Gasteiger charge is -2.18. The smallest absolute Gasteiger partial charge is 0.0624 e. The predicted octanol–water partition coefficient (Wildman–Crippen LogP) is 5.22. The van der Waals surface area contributed by atoms with Crippen LogP contribution >= 0.6 is 35.0 Å². The van der Waals surface area contributed by atoms with Crippen molar-refractivity contribution in [2.24, 2.45) is 0 Å². The van der Waals surface area contributed by atoms with E-state index in [2.05, 4.69) is 35.8 Å². The van der Waals surface area contributed by atoms with Crippen molar-refractivity contribution in [1.29, 1.82) is 0 Å². The molecule has 0 aliphatic carbocycles. The van der Waals surface area contributed by atoms with Crippen LogP contribution in [-0.2, 0) is 6.42 Å². The van der Waals surface area contributed by atoms with Crippen LogP contribution in [0.1, 0.15) is 17.2 Å². The molecular formula is C16H17Cl2NS. The van der Waals surface area contributed by atoms with E-state index in [1.165, 1.54) is 10.5 Å². The van der Waals surface area contributed by atoms with Gasteiger partial charge in [-0.05, 0) is 49.1 Å². The molecule has 0 bridgehead atoms. The van der Waals surface area contributed by atoms with Crippen molar-refractivity contribution in [3.8, 4) is 0 Å². The van der Waals surface area contributed by atoms with Crippen LogP contribution in [0.5, 0.6) is 0 Å². The van der Waals surface area contributed by atoms with Crippen molar-refractivity contribution in [1.82, 2.24) is 5.32 Å². The number of halogens is 2. The minimum absolute atomic E-state index is 0.224. The topological polar surface area (TPSA) is 12.0 Å². The molecular weight excluding hydrogens is 309 g/mol. The Balaban J connectivity index is 2.21. The Morgan fingerprint density at radius 2 is 1.80 bits per heavy atom. The number of likely N-dealkylation sites (N-methyl/N-ethyl adjacent to an activating group) is 1. The molecule has 106 valence electrons. The normalized spacial score (nSPS) is 12.4. The lowest BCUT2D eigenvalue weighted by molar-refractivity contribution is 0.592. The van der Waals surface area contributed by atoms with E-state index < -0.39 is 0 Å². The minimum atomic E-state index is 0.224. The highest BCUT2D eigenvalue weighted by Crippen LogP contribution is 2.29. The van der Waals surface area contributed by atoms with Crippen LogP contribution < -0.4 is 5.32 Å². The SMILES string of the molecule is CNC(Cc1cccc(Cl)c1Cl)c1ccc(SC)cc1. The van der Waals surface area contributed by atoms with Gasteiger partial charge in [-0.3, -0.25) is 0 Å². The van der Waals surface area contributed by atoms with Crippen molar-refractivity contribution >= 4 is 35.0 Å². The number of hydrogen-bond donors (Lipinski definition) is 1. The van der Waals surface area contributed by atoms with E-state index in [-0.39, 0.29) is 6.04 Å². The Kier molecular flexibility index (Phi) is 5.79. The van der Waals surface area contributed by atoms with Gasteiger partial charge < -0.3 is 5.32 Å². The highest BCUT2D eigenvalue weighted by Gasteiger charge is 2.13.